The van der Waals surface area contributed by atoms with Crippen molar-refractivity contribution < 1.29 is 18.6 Å². The van der Waals surface area contributed by atoms with Gasteiger partial charge in [0.2, 0.25) is 0 Å². The molecule has 0 saturated heterocycles. The number of carbonyl (C=O) groups excluding carboxylic acids is 1. The van der Waals surface area contributed by atoms with Gasteiger partial charge in [-0.2, -0.15) is 0 Å². The zero-order valence-electron chi connectivity index (χ0n) is 61.4. The van der Waals surface area contributed by atoms with E-state index < -0.39 is 7.58 Å². The third-order valence-electron chi connectivity index (χ3n) is 19.5. The normalized spacial score (nSPS) is 11.6. The van der Waals surface area contributed by atoms with Crippen LogP contribution in [0, 0.1) is 0 Å². The molecule has 0 amide bonds. The van der Waals surface area contributed by atoms with E-state index in [2.05, 4.69) is 69.3 Å². The van der Waals surface area contributed by atoms with Crippen LogP contribution >= 0.6 is 19.0 Å². The third-order valence-corrected chi connectivity index (χ3v) is 22.6. The lowest BCUT2D eigenvalue weighted by Gasteiger charge is -2.19. The van der Waals surface area contributed by atoms with Crippen molar-refractivity contribution in [1.29, 1.82) is 0 Å². The molecule has 0 spiro atoms. The van der Waals surface area contributed by atoms with Crippen molar-refractivity contribution in [3.8, 4) is 11.5 Å². The predicted octanol–water partition coefficient (Wildman–Crippen LogP) is 31.1. The van der Waals surface area contributed by atoms with Crippen LogP contribution in [-0.4, -0.2) is 18.3 Å². The Morgan fingerprint density at radius 3 is 0.824 bits per heavy atom. The Bertz CT molecular complexity index is 1670. The van der Waals surface area contributed by atoms with E-state index >= 15 is 0 Å². The first-order valence-electron chi connectivity index (χ1n) is 41.3. The van der Waals surface area contributed by atoms with Gasteiger partial charge in [-0.15, -0.1) is 0 Å². The van der Waals surface area contributed by atoms with Crippen molar-refractivity contribution in [2.75, 3.05) is 12.4 Å². The minimum absolute atomic E-state index is 0.0242. The van der Waals surface area contributed by atoms with Gasteiger partial charge >= 0.3 is 13.5 Å². The van der Waals surface area contributed by atoms with E-state index in [-0.39, 0.29) is 5.97 Å². The van der Waals surface area contributed by atoms with Crippen LogP contribution in [0.4, 0.5) is 0 Å². The van der Waals surface area contributed by atoms with Crippen LogP contribution in [0.5, 0.6) is 11.5 Å². The topological polar surface area (TPSA) is 44.8 Å². The highest BCUT2D eigenvalue weighted by atomic mass is 32.7. The Kier molecular flexibility index (Phi) is 66.7. The van der Waals surface area contributed by atoms with Crippen LogP contribution in [-0.2, 0) is 22.4 Å². The number of benzene rings is 2. The summed E-state index contributed by atoms with van der Waals surface area (Å²) >= 11 is 1.90. The van der Waals surface area contributed by atoms with Gasteiger partial charge in [0.25, 0.3) is 0 Å². The second kappa shape index (κ2) is 71.1. The van der Waals surface area contributed by atoms with Gasteiger partial charge in [-0.3, -0.25) is 4.79 Å². The number of ether oxygens (including phenoxy) is 1. The SMILES string of the molecule is CCCCCCCCCCCCCCCCCCOC(=O)CCCCCCCCCCCCCCCCCCSP(Oc1cccc(CCCCCCCCCCCCCCCCCC)c1)Oc1cccc(CCCCCCCCCCCCCCCCCC)c1. The standard InChI is InChI=1S/C85H155O4PS/c1-4-7-10-13-16-19-22-25-28-33-38-43-48-53-58-63-70-81-72-68-74-83(79-81)88-90(89-84-75-69-73-82(80-84)71-64-59-54-49-44-39-34-29-26-23-20-17-14-11-8-5-2)91-78-67-62-57-52-47-42-37-32-31-35-40-45-50-55-60-65-76-85(86)87-77-66-61-56-51-46-41-36-30-27-24-21-18-15-12-9-6-3/h68-69,72-75,79-80H,4-67,70-71,76-78H2,1-3H3. The van der Waals surface area contributed by atoms with E-state index in [1.807, 2.05) is 11.4 Å². The second-order valence-electron chi connectivity index (χ2n) is 28.6. The van der Waals surface area contributed by atoms with Crippen molar-refractivity contribution in [3.05, 3.63) is 59.7 Å². The fourth-order valence-electron chi connectivity index (χ4n) is 13.4. The smallest absolute Gasteiger partial charge is 0.360 e. The maximum atomic E-state index is 12.2. The largest absolute Gasteiger partial charge is 0.466 e. The van der Waals surface area contributed by atoms with Gasteiger partial charge < -0.3 is 13.8 Å². The highest BCUT2D eigenvalue weighted by molar-refractivity contribution is 8.53. The molecule has 6 heteroatoms. The monoisotopic (exact) mass is 1300 g/mol. The number of carbonyl (C=O) groups is 1. The average molecular weight is 1300 g/mol. The molecule has 0 aliphatic heterocycles. The van der Waals surface area contributed by atoms with Crippen LogP contribution in [0.1, 0.15) is 449 Å². The molecule has 0 aromatic heterocycles. The molecule has 0 heterocycles. The minimum Gasteiger partial charge on any atom is -0.466 e. The molecule has 0 unspecified atom stereocenters. The lowest BCUT2D eigenvalue weighted by molar-refractivity contribution is -0.143. The molecular formula is C85H155O4PS. The molecule has 0 N–H and O–H groups in total. The van der Waals surface area contributed by atoms with Gasteiger partial charge in [0, 0.05) is 12.2 Å². The van der Waals surface area contributed by atoms with E-state index in [1.165, 1.54) is 409 Å². The van der Waals surface area contributed by atoms with Gasteiger partial charge in [0.05, 0.1) is 6.61 Å². The van der Waals surface area contributed by atoms with E-state index in [4.69, 9.17) is 13.8 Å². The molecule has 0 saturated carbocycles. The minimum atomic E-state index is -1.16. The van der Waals surface area contributed by atoms with Gasteiger partial charge in [-0.25, -0.2) is 0 Å². The van der Waals surface area contributed by atoms with E-state index in [0.717, 1.165) is 42.9 Å². The molecule has 2 aromatic rings. The van der Waals surface area contributed by atoms with Crippen molar-refractivity contribution in [2.45, 2.75) is 451 Å². The van der Waals surface area contributed by atoms with Crippen LogP contribution in [0.3, 0.4) is 0 Å². The molecule has 0 aliphatic rings. The Hall–Kier alpha value is -1.71. The van der Waals surface area contributed by atoms with Gasteiger partial charge in [-0.1, -0.05) is 424 Å². The first-order valence-corrected chi connectivity index (χ1v) is 44.0. The van der Waals surface area contributed by atoms with E-state index in [1.54, 1.807) is 0 Å². The molecule has 530 valence electrons. The van der Waals surface area contributed by atoms with Crippen molar-refractivity contribution in [1.82, 2.24) is 0 Å². The Morgan fingerprint density at radius 1 is 0.297 bits per heavy atom. The molecule has 2 aromatic carbocycles. The number of esters is 1. The first-order chi connectivity index (χ1) is 45.1. The quantitative estimate of drug-likeness (QED) is 0.0375. The molecule has 91 heavy (non-hydrogen) atoms. The summed E-state index contributed by atoms with van der Waals surface area (Å²) in [6.45, 7) is 7.54. The molecule has 4 nitrogen and oxygen atoms in total. The number of rotatable bonds is 75. The Morgan fingerprint density at radius 2 is 0.538 bits per heavy atom. The number of hydrogen-bond acceptors (Lipinski definition) is 5. The maximum Gasteiger partial charge on any atom is 0.360 e. The molecule has 0 fully saturated rings. The summed E-state index contributed by atoms with van der Waals surface area (Å²) in [5.74, 6) is 3.04. The summed E-state index contributed by atoms with van der Waals surface area (Å²) in [6, 6.07) is 17.9. The molecular weight excluding hydrogens is 1150 g/mol. The molecule has 0 bridgehead atoms. The molecule has 0 atom stereocenters. The summed E-state index contributed by atoms with van der Waals surface area (Å²) in [5.41, 5.74) is 2.79. The number of hydrogen-bond donors (Lipinski definition) is 0. The van der Waals surface area contributed by atoms with Crippen LogP contribution in [0.25, 0.3) is 0 Å². The summed E-state index contributed by atoms with van der Waals surface area (Å²) in [7, 11) is -1.16. The van der Waals surface area contributed by atoms with Gasteiger partial charge in [0.15, 0.2) is 0 Å². The summed E-state index contributed by atoms with van der Waals surface area (Å²) < 4.78 is 19.1. The van der Waals surface area contributed by atoms with Gasteiger partial charge in [-0.05, 0) is 91.7 Å². The number of aryl methyl sites for hydroxylation is 2. The molecule has 0 radical (unpaired) electrons. The molecule has 0 aliphatic carbocycles. The zero-order valence-corrected chi connectivity index (χ0v) is 63.1. The first kappa shape index (κ1) is 85.4. The van der Waals surface area contributed by atoms with Gasteiger partial charge in [0.1, 0.15) is 11.5 Å². The fourth-order valence-corrected chi connectivity index (χ4v) is 16.3. The van der Waals surface area contributed by atoms with Crippen molar-refractivity contribution in [2.24, 2.45) is 0 Å². The Balaban J connectivity index is 1.56. The highest BCUT2D eigenvalue weighted by Crippen LogP contribution is 2.52. The van der Waals surface area contributed by atoms with Crippen LogP contribution < -0.4 is 9.05 Å². The van der Waals surface area contributed by atoms with Crippen molar-refractivity contribution in [3.63, 3.8) is 0 Å². The maximum absolute atomic E-state index is 12.2. The summed E-state index contributed by atoms with van der Waals surface area (Å²) in [4.78, 5) is 12.2. The summed E-state index contributed by atoms with van der Waals surface area (Å²) in [5, 5.41) is 0. The number of unbranched alkanes of at least 4 members (excludes halogenated alkanes) is 60. The second-order valence-corrected chi connectivity index (χ2v) is 31.7. The van der Waals surface area contributed by atoms with Crippen molar-refractivity contribution >= 4 is 24.9 Å². The average Bonchev–Trinajstić information content (AvgIpc) is 3.73. The van der Waals surface area contributed by atoms with E-state index in [0.29, 0.717) is 13.0 Å². The lowest BCUT2D eigenvalue weighted by atomic mass is 10.0. The summed E-state index contributed by atoms with van der Waals surface area (Å²) in [6.07, 6.45) is 90.9. The fraction of sp³-hybridized carbons (Fsp3) is 0.847. The Labute approximate surface area is 574 Å². The third kappa shape index (κ3) is 61.6. The molecule has 2 rings (SSSR count). The zero-order chi connectivity index (χ0) is 64.7. The van der Waals surface area contributed by atoms with Crippen LogP contribution in [0.15, 0.2) is 48.5 Å². The highest BCUT2D eigenvalue weighted by Gasteiger charge is 2.17. The lowest BCUT2D eigenvalue weighted by Crippen LogP contribution is -2.05. The van der Waals surface area contributed by atoms with E-state index in [9.17, 15) is 4.79 Å². The predicted molar refractivity (Wildman–Crippen MR) is 409 cm³/mol. The van der Waals surface area contributed by atoms with Crippen LogP contribution in [0.2, 0.25) is 0 Å².